The van der Waals surface area contributed by atoms with E-state index in [9.17, 15) is 9.59 Å². The Bertz CT molecular complexity index is 253. The number of carbonyl (C=O) groups is 2. The summed E-state index contributed by atoms with van der Waals surface area (Å²) in [5, 5.41) is 9.02. The number of carboxylic acid groups (broad SMARTS) is 1. The van der Waals surface area contributed by atoms with Crippen LogP contribution in [0.15, 0.2) is 0 Å². The Morgan fingerprint density at radius 2 is 2.07 bits per heavy atom. The highest BCUT2D eigenvalue weighted by Gasteiger charge is 2.44. The second kappa shape index (κ2) is 3.26. The van der Waals surface area contributed by atoms with Gasteiger partial charge in [-0.15, -0.1) is 0 Å². The zero-order chi connectivity index (χ0) is 10.3. The zero-order valence-corrected chi connectivity index (χ0v) is 8.27. The Morgan fingerprint density at radius 3 is 2.57 bits per heavy atom. The smallest absolute Gasteiger partial charge is 0.308 e. The van der Waals surface area contributed by atoms with Gasteiger partial charge in [0.2, 0.25) is 5.91 Å². The molecule has 14 heavy (non-hydrogen) atoms. The van der Waals surface area contributed by atoms with Crippen molar-refractivity contribution in [1.29, 1.82) is 0 Å². The predicted molar refractivity (Wildman–Crippen MR) is 49.6 cm³/mol. The van der Waals surface area contributed by atoms with Crippen molar-refractivity contribution in [2.24, 2.45) is 11.8 Å². The molecule has 0 radical (unpaired) electrons. The fourth-order valence-electron chi connectivity index (χ4n) is 2.82. The van der Waals surface area contributed by atoms with Crippen LogP contribution in [0.2, 0.25) is 0 Å². The number of carboxylic acids is 1. The van der Waals surface area contributed by atoms with Gasteiger partial charge in [-0.3, -0.25) is 9.59 Å². The molecule has 2 heterocycles. The maximum absolute atomic E-state index is 11.3. The van der Waals surface area contributed by atoms with Crippen LogP contribution in [-0.2, 0) is 9.59 Å². The second-order valence-corrected chi connectivity index (χ2v) is 4.36. The number of hydrogen-bond donors (Lipinski definition) is 1. The fraction of sp³-hybridized carbons (Fsp3) is 0.800. The molecule has 1 aliphatic carbocycles. The standard InChI is InChI=1S/C10H15NO3/c1-6(12)11-5-7-2-3-9(11)8(4-7)10(13)14/h7-9H,2-5H2,1H3,(H,13,14). The molecule has 3 aliphatic rings. The normalized spacial score (nSPS) is 35.8. The third-order valence-corrected chi connectivity index (χ3v) is 3.50. The molecule has 1 saturated carbocycles. The van der Waals surface area contributed by atoms with Crippen molar-refractivity contribution >= 4 is 11.9 Å². The van der Waals surface area contributed by atoms with Gasteiger partial charge in [-0.25, -0.2) is 0 Å². The number of aliphatic carboxylic acids is 1. The number of fused-ring (bicyclic) bond motifs is 3. The highest BCUT2D eigenvalue weighted by molar-refractivity contribution is 5.77. The summed E-state index contributed by atoms with van der Waals surface area (Å²) in [5.74, 6) is -0.646. The van der Waals surface area contributed by atoms with Crippen molar-refractivity contribution in [3.05, 3.63) is 0 Å². The van der Waals surface area contributed by atoms with E-state index >= 15 is 0 Å². The van der Waals surface area contributed by atoms with Gasteiger partial charge in [0.15, 0.2) is 0 Å². The zero-order valence-electron chi connectivity index (χ0n) is 8.27. The van der Waals surface area contributed by atoms with E-state index in [4.69, 9.17) is 5.11 Å². The van der Waals surface area contributed by atoms with Crippen LogP contribution in [0.3, 0.4) is 0 Å². The summed E-state index contributed by atoms with van der Waals surface area (Å²) in [7, 11) is 0. The van der Waals surface area contributed by atoms with Crippen LogP contribution in [0.4, 0.5) is 0 Å². The Balaban J connectivity index is 2.19. The molecular weight excluding hydrogens is 182 g/mol. The SMILES string of the molecule is CC(=O)N1CC2CCC1C(C(=O)O)C2. The van der Waals surface area contributed by atoms with Crippen molar-refractivity contribution in [2.45, 2.75) is 32.2 Å². The maximum Gasteiger partial charge on any atom is 0.308 e. The molecule has 4 nitrogen and oxygen atoms in total. The van der Waals surface area contributed by atoms with E-state index in [0.29, 0.717) is 5.92 Å². The Morgan fingerprint density at radius 1 is 1.36 bits per heavy atom. The summed E-state index contributed by atoms with van der Waals surface area (Å²) in [5.41, 5.74) is 0. The Labute approximate surface area is 82.9 Å². The molecule has 4 heteroatoms. The molecule has 78 valence electrons. The summed E-state index contributed by atoms with van der Waals surface area (Å²) in [4.78, 5) is 24.0. The first-order valence-electron chi connectivity index (χ1n) is 5.09. The van der Waals surface area contributed by atoms with Gasteiger partial charge >= 0.3 is 5.97 Å². The molecule has 0 spiro atoms. The number of nitrogens with zero attached hydrogens (tertiary/aromatic N) is 1. The molecular formula is C10H15NO3. The summed E-state index contributed by atoms with van der Waals surface area (Å²) in [6.07, 6.45) is 2.70. The highest BCUT2D eigenvalue weighted by atomic mass is 16.4. The average molecular weight is 197 g/mol. The number of carbonyl (C=O) groups excluding carboxylic acids is 1. The van der Waals surface area contributed by atoms with Gasteiger partial charge in [0.05, 0.1) is 5.92 Å². The van der Waals surface area contributed by atoms with E-state index in [0.717, 1.165) is 25.8 Å². The maximum atomic E-state index is 11.3. The minimum Gasteiger partial charge on any atom is -0.481 e. The number of hydrogen-bond acceptors (Lipinski definition) is 2. The van der Waals surface area contributed by atoms with Gasteiger partial charge in [-0.2, -0.15) is 0 Å². The van der Waals surface area contributed by atoms with Crippen molar-refractivity contribution in [1.82, 2.24) is 4.90 Å². The molecule has 2 aliphatic heterocycles. The summed E-state index contributed by atoms with van der Waals surface area (Å²) in [6, 6.07) is -0.0463. The third kappa shape index (κ3) is 1.38. The average Bonchev–Trinajstić information content (AvgIpc) is 2.18. The Hall–Kier alpha value is -1.06. The van der Waals surface area contributed by atoms with Gasteiger partial charge in [0.1, 0.15) is 0 Å². The third-order valence-electron chi connectivity index (χ3n) is 3.50. The lowest BCUT2D eigenvalue weighted by Gasteiger charge is -2.48. The van der Waals surface area contributed by atoms with E-state index in [-0.39, 0.29) is 17.9 Å². The van der Waals surface area contributed by atoms with E-state index in [1.54, 1.807) is 4.90 Å². The lowest BCUT2D eigenvalue weighted by atomic mass is 9.73. The summed E-state index contributed by atoms with van der Waals surface area (Å²) < 4.78 is 0. The molecule has 2 saturated heterocycles. The highest BCUT2D eigenvalue weighted by Crippen LogP contribution is 2.39. The predicted octanol–water partition coefficient (Wildman–Crippen LogP) is 0.718. The molecule has 2 bridgehead atoms. The van der Waals surface area contributed by atoms with Gasteiger partial charge in [-0.05, 0) is 25.2 Å². The summed E-state index contributed by atoms with van der Waals surface area (Å²) >= 11 is 0. The van der Waals surface area contributed by atoms with E-state index in [1.807, 2.05) is 0 Å². The molecule has 0 aromatic carbocycles. The molecule has 0 aromatic heterocycles. The van der Waals surface area contributed by atoms with E-state index in [1.165, 1.54) is 6.92 Å². The van der Waals surface area contributed by atoms with Crippen molar-refractivity contribution in [2.75, 3.05) is 6.54 Å². The number of rotatable bonds is 1. The van der Waals surface area contributed by atoms with Crippen LogP contribution in [0.1, 0.15) is 26.2 Å². The quantitative estimate of drug-likeness (QED) is 0.673. The fourth-order valence-corrected chi connectivity index (χ4v) is 2.82. The first-order valence-corrected chi connectivity index (χ1v) is 5.09. The molecule has 1 N–H and O–H groups in total. The number of piperidine rings is 2. The first-order chi connectivity index (χ1) is 6.59. The lowest BCUT2D eigenvalue weighted by Crippen LogP contribution is -2.56. The van der Waals surface area contributed by atoms with Gasteiger partial charge < -0.3 is 10.0 Å². The van der Waals surface area contributed by atoms with E-state index < -0.39 is 5.97 Å². The minimum absolute atomic E-state index is 0.0191. The monoisotopic (exact) mass is 197 g/mol. The molecule has 3 atom stereocenters. The van der Waals surface area contributed by atoms with Crippen LogP contribution < -0.4 is 0 Å². The van der Waals surface area contributed by atoms with Crippen molar-refractivity contribution in [3.63, 3.8) is 0 Å². The summed E-state index contributed by atoms with van der Waals surface area (Å²) in [6.45, 7) is 2.30. The van der Waals surface area contributed by atoms with Gasteiger partial charge in [0, 0.05) is 19.5 Å². The Kier molecular flexibility index (Phi) is 2.21. The first kappa shape index (κ1) is 9.49. The van der Waals surface area contributed by atoms with Crippen molar-refractivity contribution in [3.8, 4) is 0 Å². The van der Waals surface area contributed by atoms with Crippen molar-refractivity contribution < 1.29 is 14.7 Å². The van der Waals surface area contributed by atoms with E-state index in [2.05, 4.69) is 0 Å². The van der Waals surface area contributed by atoms with Crippen LogP contribution in [0.5, 0.6) is 0 Å². The topological polar surface area (TPSA) is 57.6 Å². The number of amides is 1. The van der Waals surface area contributed by atoms with Gasteiger partial charge in [-0.1, -0.05) is 0 Å². The molecule has 3 rings (SSSR count). The largest absolute Gasteiger partial charge is 0.481 e. The molecule has 3 unspecified atom stereocenters. The van der Waals surface area contributed by atoms with Crippen LogP contribution >= 0.6 is 0 Å². The van der Waals surface area contributed by atoms with Crippen LogP contribution in [0.25, 0.3) is 0 Å². The second-order valence-electron chi connectivity index (χ2n) is 4.36. The lowest BCUT2D eigenvalue weighted by molar-refractivity contribution is -0.154. The molecule has 0 aromatic rings. The molecule has 1 amide bonds. The van der Waals surface area contributed by atoms with Gasteiger partial charge in [0.25, 0.3) is 0 Å². The minimum atomic E-state index is -0.745. The van der Waals surface area contributed by atoms with Crippen LogP contribution in [-0.4, -0.2) is 34.5 Å². The molecule has 3 fully saturated rings. The van der Waals surface area contributed by atoms with Crippen LogP contribution in [0, 0.1) is 11.8 Å².